The Labute approximate surface area is 107 Å². The number of halogens is 1. The van der Waals surface area contributed by atoms with Crippen LogP contribution in [0, 0.1) is 19.7 Å². The third-order valence-electron chi connectivity index (χ3n) is 3.18. The van der Waals surface area contributed by atoms with Crippen molar-refractivity contribution in [2.45, 2.75) is 26.3 Å². The first kappa shape index (κ1) is 12.8. The summed E-state index contributed by atoms with van der Waals surface area (Å²) in [6.45, 7) is 4.02. The minimum Gasteiger partial charge on any atom is -0.324 e. The van der Waals surface area contributed by atoms with E-state index >= 15 is 0 Å². The van der Waals surface area contributed by atoms with Gasteiger partial charge in [0.15, 0.2) is 0 Å². The second-order valence-electron chi connectivity index (χ2n) is 4.80. The Kier molecular flexibility index (Phi) is 3.78. The van der Waals surface area contributed by atoms with Gasteiger partial charge in [-0.05, 0) is 49.1 Å². The van der Waals surface area contributed by atoms with Crippen molar-refractivity contribution in [1.29, 1.82) is 0 Å². The van der Waals surface area contributed by atoms with Gasteiger partial charge in [0.1, 0.15) is 5.82 Å². The van der Waals surface area contributed by atoms with Crippen LogP contribution in [0.5, 0.6) is 0 Å². The van der Waals surface area contributed by atoms with Crippen LogP contribution in [0.2, 0.25) is 0 Å². The van der Waals surface area contributed by atoms with Crippen molar-refractivity contribution in [3.05, 3.63) is 70.5 Å². The molecule has 0 aliphatic rings. The van der Waals surface area contributed by atoms with E-state index in [9.17, 15) is 4.39 Å². The van der Waals surface area contributed by atoms with Gasteiger partial charge in [0.05, 0.1) is 0 Å². The predicted octanol–water partition coefficient (Wildman–Crippen LogP) is 3.69. The van der Waals surface area contributed by atoms with Gasteiger partial charge in [0, 0.05) is 6.04 Å². The number of rotatable bonds is 3. The molecule has 0 saturated heterocycles. The predicted molar refractivity (Wildman–Crippen MR) is 72.9 cm³/mol. The monoisotopic (exact) mass is 243 g/mol. The molecule has 2 aromatic carbocycles. The van der Waals surface area contributed by atoms with Gasteiger partial charge < -0.3 is 5.73 Å². The summed E-state index contributed by atoms with van der Waals surface area (Å²) in [5.74, 6) is -0.227. The summed E-state index contributed by atoms with van der Waals surface area (Å²) in [6, 6.07) is 12.9. The van der Waals surface area contributed by atoms with Crippen molar-refractivity contribution in [3.63, 3.8) is 0 Å². The summed E-state index contributed by atoms with van der Waals surface area (Å²) in [6.07, 6.45) is 0.728. The lowest BCUT2D eigenvalue weighted by atomic mass is 9.95. The molecule has 0 aliphatic heterocycles. The molecule has 0 amide bonds. The van der Waals surface area contributed by atoms with Crippen LogP contribution in [0.3, 0.4) is 0 Å². The van der Waals surface area contributed by atoms with Crippen molar-refractivity contribution in [3.8, 4) is 0 Å². The summed E-state index contributed by atoms with van der Waals surface area (Å²) >= 11 is 0. The third-order valence-corrected chi connectivity index (χ3v) is 3.18. The van der Waals surface area contributed by atoms with Gasteiger partial charge in [-0.2, -0.15) is 0 Å². The first-order valence-electron chi connectivity index (χ1n) is 6.13. The number of aryl methyl sites for hydroxylation is 2. The van der Waals surface area contributed by atoms with Gasteiger partial charge in [-0.15, -0.1) is 0 Å². The molecule has 0 aliphatic carbocycles. The van der Waals surface area contributed by atoms with Gasteiger partial charge in [-0.1, -0.05) is 35.9 Å². The topological polar surface area (TPSA) is 26.0 Å². The Morgan fingerprint density at radius 3 is 2.61 bits per heavy atom. The standard InChI is InChI=1S/C16H18FN/c1-11-4-3-5-13(8-11)9-16(18)15-10-14(17)7-6-12(15)2/h3-8,10,16H,9,18H2,1-2H3. The largest absolute Gasteiger partial charge is 0.324 e. The Balaban J connectivity index is 2.21. The third kappa shape index (κ3) is 2.96. The molecule has 2 N–H and O–H groups in total. The van der Waals surface area contributed by atoms with E-state index in [0.717, 1.165) is 17.5 Å². The van der Waals surface area contributed by atoms with E-state index in [1.807, 2.05) is 13.0 Å². The molecule has 2 aromatic rings. The highest BCUT2D eigenvalue weighted by Gasteiger charge is 2.11. The van der Waals surface area contributed by atoms with E-state index in [1.165, 1.54) is 23.3 Å². The van der Waals surface area contributed by atoms with Gasteiger partial charge in [-0.25, -0.2) is 4.39 Å². The summed E-state index contributed by atoms with van der Waals surface area (Å²) in [4.78, 5) is 0. The summed E-state index contributed by atoms with van der Waals surface area (Å²) in [7, 11) is 0. The number of benzene rings is 2. The second-order valence-corrected chi connectivity index (χ2v) is 4.80. The van der Waals surface area contributed by atoms with E-state index in [-0.39, 0.29) is 11.9 Å². The molecule has 18 heavy (non-hydrogen) atoms. The minimum absolute atomic E-state index is 0.164. The van der Waals surface area contributed by atoms with Crippen LogP contribution >= 0.6 is 0 Å². The lowest BCUT2D eigenvalue weighted by Crippen LogP contribution is -2.15. The Bertz CT molecular complexity index is 549. The zero-order chi connectivity index (χ0) is 13.1. The Morgan fingerprint density at radius 2 is 1.89 bits per heavy atom. The minimum atomic E-state index is -0.227. The maximum absolute atomic E-state index is 13.3. The highest BCUT2D eigenvalue weighted by Crippen LogP contribution is 2.21. The van der Waals surface area contributed by atoms with Crippen LogP contribution < -0.4 is 5.73 Å². The average Bonchev–Trinajstić information content (AvgIpc) is 2.32. The molecular weight excluding hydrogens is 225 g/mol. The summed E-state index contributed by atoms with van der Waals surface area (Å²) in [5, 5.41) is 0. The van der Waals surface area contributed by atoms with Crippen LogP contribution in [-0.4, -0.2) is 0 Å². The fourth-order valence-corrected chi connectivity index (χ4v) is 2.21. The molecule has 0 bridgehead atoms. The summed E-state index contributed by atoms with van der Waals surface area (Å²) < 4.78 is 13.3. The molecule has 0 fully saturated rings. The van der Waals surface area contributed by atoms with Crippen LogP contribution in [0.25, 0.3) is 0 Å². The normalized spacial score (nSPS) is 12.4. The van der Waals surface area contributed by atoms with E-state index in [4.69, 9.17) is 5.73 Å². The van der Waals surface area contributed by atoms with Gasteiger partial charge in [0.25, 0.3) is 0 Å². The van der Waals surface area contributed by atoms with Crippen LogP contribution in [0.1, 0.15) is 28.3 Å². The highest BCUT2D eigenvalue weighted by molar-refractivity contribution is 5.31. The molecule has 1 nitrogen and oxygen atoms in total. The number of hydrogen-bond acceptors (Lipinski definition) is 1. The van der Waals surface area contributed by atoms with E-state index < -0.39 is 0 Å². The molecule has 0 saturated carbocycles. The smallest absolute Gasteiger partial charge is 0.123 e. The molecule has 0 aromatic heterocycles. The molecule has 0 heterocycles. The van der Waals surface area contributed by atoms with Gasteiger partial charge in [-0.3, -0.25) is 0 Å². The lowest BCUT2D eigenvalue weighted by molar-refractivity contribution is 0.617. The van der Waals surface area contributed by atoms with Crippen molar-refractivity contribution < 1.29 is 4.39 Å². The SMILES string of the molecule is Cc1cccc(CC(N)c2cc(F)ccc2C)c1. The lowest BCUT2D eigenvalue weighted by Gasteiger charge is -2.15. The average molecular weight is 243 g/mol. The van der Waals surface area contributed by atoms with E-state index in [2.05, 4.69) is 25.1 Å². The molecule has 1 unspecified atom stereocenters. The molecule has 1 atom stereocenters. The first-order valence-corrected chi connectivity index (χ1v) is 6.13. The van der Waals surface area contributed by atoms with Gasteiger partial charge >= 0.3 is 0 Å². The van der Waals surface area contributed by atoms with Crippen LogP contribution in [0.15, 0.2) is 42.5 Å². The number of nitrogens with two attached hydrogens (primary N) is 1. The molecule has 0 spiro atoms. The fourth-order valence-electron chi connectivity index (χ4n) is 2.21. The molecular formula is C16H18FN. The van der Waals surface area contributed by atoms with Crippen molar-refractivity contribution in [2.24, 2.45) is 5.73 Å². The molecule has 2 rings (SSSR count). The van der Waals surface area contributed by atoms with Crippen molar-refractivity contribution in [2.75, 3.05) is 0 Å². The van der Waals surface area contributed by atoms with Crippen molar-refractivity contribution in [1.82, 2.24) is 0 Å². The summed E-state index contributed by atoms with van der Waals surface area (Å²) in [5.41, 5.74) is 10.5. The fraction of sp³-hybridized carbons (Fsp3) is 0.250. The van der Waals surface area contributed by atoms with Crippen molar-refractivity contribution >= 4 is 0 Å². The molecule has 2 heteroatoms. The quantitative estimate of drug-likeness (QED) is 0.874. The van der Waals surface area contributed by atoms with E-state index in [1.54, 1.807) is 6.07 Å². The Morgan fingerprint density at radius 1 is 1.11 bits per heavy atom. The second kappa shape index (κ2) is 5.32. The van der Waals surface area contributed by atoms with Gasteiger partial charge in [0.2, 0.25) is 0 Å². The molecule has 0 radical (unpaired) electrons. The zero-order valence-corrected chi connectivity index (χ0v) is 10.8. The maximum atomic E-state index is 13.3. The first-order chi connectivity index (χ1) is 8.56. The highest BCUT2D eigenvalue weighted by atomic mass is 19.1. The van der Waals surface area contributed by atoms with Crippen LogP contribution in [-0.2, 0) is 6.42 Å². The number of hydrogen-bond donors (Lipinski definition) is 1. The Hall–Kier alpha value is -1.67. The zero-order valence-electron chi connectivity index (χ0n) is 10.8. The van der Waals surface area contributed by atoms with E-state index in [0.29, 0.717) is 0 Å². The maximum Gasteiger partial charge on any atom is 0.123 e. The molecule has 94 valence electrons. The van der Waals surface area contributed by atoms with Crippen LogP contribution in [0.4, 0.5) is 4.39 Å².